The molecule has 9 aromatic rings. The molecule has 2 N–H and O–H groups in total. The Hall–Kier alpha value is -8.96. The number of rotatable bonds is 27. The van der Waals surface area contributed by atoms with Crippen LogP contribution in [0.15, 0.2) is 127 Å². The lowest BCUT2D eigenvalue weighted by atomic mass is 9.88. The van der Waals surface area contributed by atoms with Crippen LogP contribution >= 0.6 is 0 Å². The Kier molecular flexibility index (Phi) is 23.5. The summed E-state index contributed by atoms with van der Waals surface area (Å²) in [6.07, 6.45) is 9.31. The summed E-state index contributed by atoms with van der Waals surface area (Å²) in [7, 11) is 5.99. The minimum Gasteiger partial charge on any atom is -0.508 e. The molecule has 0 unspecified atom stereocenters. The molecule has 3 aromatic heterocycles. The van der Waals surface area contributed by atoms with E-state index in [4.69, 9.17) is 29.2 Å². The standard InChI is InChI=1S/C29H35F3N4O2.C27H32F2N4O2.C26H31FN4O/c1-35(16-19-37-17-12-30)22-6-7-25-24(20-22)27(34-28(33-25)29(32)10-11-29)36-14-8-21(9-15-36)23-4-2-3-5-26(23)38-18-13-31;1-32(15-16-34)20-6-7-23-22(18-20)25(31-26(30-23)27(29)10-11-27)33-13-8-19(9-14-33)21-4-2-3-5-24(21)35-17-12-28;1-3-14-30(2)19-8-9-22-21(17-19)24(29-25(28-22)26(27)12-13-26)31-15-10-18(11-16-31)20-6-4-5-7-23(20)32/h2-7,20-21H,8-19H2,1H3;2-7,18-19,34H,8-17H2,1H3;4-9,17-18,32H,3,10-16H2,1-2H3. The second-order valence-corrected chi connectivity index (χ2v) is 28.9. The van der Waals surface area contributed by atoms with Crippen molar-refractivity contribution in [2.45, 2.75) is 125 Å². The molecule has 23 heteroatoms. The maximum Gasteiger partial charge on any atom is 0.170 e. The number of nitrogens with zero attached hydrogens (tertiary/aromatic N) is 12. The van der Waals surface area contributed by atoms with Gasteiger partial charge in [0, 0.05) is 113 Å². The SMILES string of the molecule is CCCN(C)c1ccc2nc(C3(F)CC3)nc(N3CCC(c4ccccc4O)CC3)c2c1.CN(CCO)c1ccc2nc(C3(F)CC3)nc(N3CCC(c4ccccc4OCCF)CC3)c2c1.CN(CCOCCF)c1ccc2nc(C3(F)CC3)nc(N3CCC(c4ccccc4OCCF)CC3)c2c1. The highest BCUT2D eigenvalue weighted by Gasteiger charge is 2.51. The van der Waals surface area contributed by atoms with Crippen LogP contribution in [0.5, 0.6) is 17.2 Å². The smallest absolute Gasteiger partial charge is 0.170 e. The van der Waals surface area contributed by atoms with Gasteiger partial charge in [0.05, 0.1) is 36.4 Å². The number of aromatic nitrogens is 6. The topological polar surface area (TPSA) is 165 Å². The van der Waals surface area contributed by atoms with Crippen molar-refractivity contribution in [3.05, 3.63) is 162 Å². The molecule has 0 radical (unpaired) electrons. The van der Waals surface area contributed by atoms with Crippen LogP contribution in [-0.4, -0.2) is 173 Å². The van der Waals surface area contributed by atoms with E-state index in [0.29, 0.717) is 81.6 Å². The maximum absolute atomic E-state index is 15.1. The normalized spacial score (nSPS) is 17.6. The molecule has 6 heterocycles. The van der Waals surface area contributed by atoms with Crippen LogP contribution in [0.25, 0.3) is 32.7 Å². The minimum atomic E-state index is -1.43. The molecule has 15 rings (SSSR count). The van der Waals surface area contributed by atoms with Crippen LogP contribution in [-0.2, 0) is 21.7 Å². The lowest BCUT2D eigenvalue weighted by Gasteiger charge is -2.34. The van der Waals surface area contributed by atoms with Crippen molar-refractivity contribution in [1.29, 1.82) is 0 Å². The molecule has 6 aromatic carbocycles. The molecule has 0 amide bonds. The highest BCUT2D eigenvalue weighted by Crippen LogP contribution is 2.52. The largest absolute Gasteiger partial charge is 0.508 e. The minimum absolute atomic E-state index is 0.0509. The number of alkyl halides is 6. The van der Waals surface area contributed by atoms with Crippen molar-refractivity contribution in [2.24, 2.45) is 0 Å². The van der Waals surface area contributed by atoms with E-state index in [-0.39, 0.29) is 44.0 Å². The lowest BCUT2D eigenvalue weighted by Crippen LogP contribution is -2.34. The molecule has 6 fully saturated rings. The van der Waals surface area contributed by atoms with Gasteiger partial charge in [-0.3, -0.25) is 0 Å². The summed E-state index contributed by atoms with van der Waals surface area (Å²) >= 11 is 0. The van der Waals surface area contributed by atoms with E-state index in [1.165, 1.54) is 0 Å². The van der Waals surface area contributed by atoms with Gasteiger partial charge in [0.1, 0.15) is 67.9 Å². The number of likely N-dealkylation sites (N-methyl/N-ethyl adjacent to an activating group) is 2. The Labute approximate surface area is 611 Å². The van der Waals surface area contributed by atoms with E-state index in [2.05, 4.69) is 72.8 Å². The first-order valence-electron chi connectivity index (χ1n) is 37.5. The van der Waals surface area contributed by atoms with Crippen LogP contribution < -0.4 is 38.9 Å². The molecule has 0 spiro atoms. The highest BCUT2D eigenvalue weighted by molar-refractivity contribution is 5.94. The number of ether oxygens (including phenoxy) is 3. The number of aliphatic hydroxyl groups excluding tert-OH is 1. The predicted molar refractivity (Wildman–Crippen MR) is 405 cm³/mol. The van der Waals surface area contributed by atoms with Gasteiger partial charge >= 0.3 is 0 Å². The van der Waals surface area contributed by atoms with Crippen molar-refractivity contribution in [3.8, 4) is 17.2 Å². The van der Waals surface area contributed by atoms with Gasteiger partial charge in [-0.05, 0) is 191 Å². The molecule has 558 valence electrons. The molecular weight excluding hydrogens is 1350 g/mol. The van der Waals surface area contributed by atoms with Crippen LogP contribution in [0.4, 0.5) is 60.9 Å². The molecule has 3 saturated carbocycles. The van der Waals surface area contributed by atoms with Crippen LogP contribution in [0.3, 0.4) is 0 Å². The molecule has 3 aliphatic carbocycles. The van der Waals surface area contributed by atoms with Crippen molar-refractivity contribution in [1.82, 2.24) is 29.9 Å². The number of halogens is 6. The zero-order chi connectivity index (χ0) is 73.2. The molecule has 105 heavy (non-hydrogen) atoms. The Balaban J connectivity index is 0.000000140. The number of benzene rings is 6. The number of aromatic hydroxyl groups is 1. The number of hydrogen-bond acceptors (Lipinski definition) is 17. The van der Waals surface area contributed by atoms with Gasteiger partial charge in [-0.2, -0.15) is 0 Å². The number of hydrogen-bond donors (Lipinski definition) is 2. The number of piperidine rings is 3. The molecule has 0 bridgehead atoms. The van der Waals surface area contributed by atoms with Crippen molar-refractivity contribution < 1.29 is 50.8 Å². The fourth-order valence-corrected chi connectivity index (χ4v) is 14.8. The fraction of sp³-hybridized carbons (Fsp3) is 0.488. The van der Waals surface area contributed by atoms with Gasteiger partial charge in [-0.15, -0.1) is 0 Å². The van der Waals surface area contributed by atoms with E-state index >= 15 is 8.78 Å². The first kappa shape index (κ1) is 74.3. The fourth-order valence-electron chi connectivity index (χ4n) is 14.8. The second kappa shape index (κ2) is 33.2. The number of anilines is 6. The third kappa shape index (κ3) is 17.3. The Morgan fingerprint density at radius 3 is 1.12 bits per heavy atom. The summed E-state index contributed by atoms with van der Waals surface area (Å²) in [5.41, 5.74) is 4.35. The molecular formula is C82H98F6N12O5. The summed E-state index contributed by atoms with van der Waals surface area (Å²) in [5.74, 6) is 6.04. The number of phenols is 1. The molecule has 6 aliphatic rings. The number of para-hydroxylation sites is 3. The predicted octanol–water partition coefficient (Wildman–Crippen LogP) is 16.0. The zero-order valence-electron chi connectivity index (χ0n) is 60.8. The van der Waals surface area contributed by atoms with E-state index in [1.807, 2.05) is 121 Å². The molecule has 0 atom stereocenters. The van der Waals surface area contributed by atoms with Gasteiger partial charge in [-0.1, -0.05) is 61.5 Å². The van der Waals surface area contributed by atoms with E-state index in [1.54, 1.807) is 6.07 Å². The Morgan fingerprint density at radius 2 is 0.771 bits per heavy atom. The quantitative estimate of drug-likeness (QED) is 0.0369. The van der Waals surface area contributed by atoms with Crippen LogP contribution in [0.1, 0.15) is 142 Å². The zero-order valence-corrected chi connectivity index (χ0v) is 60.8. The van der Waals surface area contributed by atoms with E-state index in [9.17, 15) is 27.8 Å². The van der Waals surface area contributed by atoms with Gasteiger partial charge in [0.25, 0.3) is 0 Å². The molecule has 17 nitrogen and oxygen atoms in total. The Bertz CT molecular complexity index is 4410. The van der Waals surface area contributed by atoms with Gasteiger partial charge in [-0.25, -0.2) is 56.2 Å². The second-order valence-electron chi connectivity index (χ2n) is 28.9. The summed E-state index contributed by atoms with van der Waals surface area (Å²) in [6, 6.07) is 41.4. The maximum atomic E-state index is 15.1. The third-order valence-electron chi connectivity index (χ3n) is 21.5. The first-order valence-corrected chi connectivity index (χ1v) is 37.5. The van der Waals surface area contributed by atoms with Crippen molar-refractivity contribution >= 4 is 67.2 Å². The van der Waals surface area contributed by atoms with Gasteiger partial charge in [0.2, 0.25) is 0 Å². The lowest BCUT2D eigenvalue weighted by molar-refractivity contribution is 0.125. The summed E-state index contributed by atoms with van der Waals surface area (Å²) in [4.78, 5) is 41.2. The number of fused-ring (bicyclic) bond motifs is 3. The van der Waals surface area contributed by atoms with Crippen molar-refractivity contribution in [2.75, 3.05) is 163 Å². The average molecular weight is 1450 g/mol. The van der Waals surface area contributed by atoms with Gasteiger partial charge in [0.15, 0.2) is 34.5 Å². The molecule has 3 saturated heterocycles. The van der Waals surface area contributed by atoms with E-state index < -0.39 is 37.0 Å². The summed E-state index contributed by atoms with van der Waals surface area (Å²) < 4.78 is 99.5. The average Bonchev–Trinajstić information content (AvgIpc) is 1.75. The third-order valence-corrected chi connectivity index (χ3v) is 21.5. The van der Waals surface area contributed by atoms with E-state index in [0.717, 1.165) is 186 Å². The first-order chi connectivity index (χ1) is 51.0. The van der Waals surface area contributed by atoms with Crippen molar-refractivity contribution in [3.63, 3.8) is 0 Å². The molecule has 3 aliphatic heterocycles. The Morgan fingerprint density at radius 1 is 0.429 bits per heavy atom. The number of aliphatic hydroxyl groups is 1. The van der Waals surface area contributed by atoms with Crippen LogP contribution in [0.2, 0.25) is 0 Å². The number of phenolic OH excluding ortho intramolecular Hbond substituents is 1. The summed E-state index contributed by atoms with van der Waals surface area (Å²) in [5, 5.41) is 22.4. The highest BCUT2D eigenvalue weighted by atomic mass is 19.2. The summed E-state index contributed by atoms with van der Waals surface area (Å²) in [6.45, 7) is 8.12. The van der Waals surface area contributed by atoms with Crippen LogP contribution in [0, 0.1) is 0 Å². The monoisotopic (exact) mass is 1440 g/mol. The van der Waals surface area contributed by atoms with Gasteiger partial charge < -0.3 is 53.8 Å².